The van der Waals surface area contributed by atoms with Crippen molar-refractivity contribution in [3.05, 3.63) is 59.9 Å². The molecule has 0 saturated carbocycles. The van der Waals surface area contributed by atoms with Gasteiger partial charge in [-0.3, -0.25) is 14.6 Å². The van der Waals surface area contributed by atoms with Crippen molar-refractivity contribution in [2.45, 2.75) is 19.8 Å². The highest BCUT2D eigenvalue weighted by atomic mass is 16.2. The Morgan fingerprint density at radius 1 is 1.04 bits per heavy atom. The number of carbonyl (C=O) groups is 2. The summed E-state index contributed by atoms with van der Waals surface area (Å²) >= 11 is 0. The number of aromatic nitrogens is 1. The number of carbonyl (C=O) groups excluding carboxylic acids is 2. The van der Waals surface area contributed by atoms with E-state index < -0.39 is 11.8 Å². The predicted octanol–water partition coefficient (Wildman–Crippen LogP) is 2.29. The van der Waals surface area contributed by atoms with Crippen molar-refractivity contribution in [3.8, 4) is 0 Å². The zero-order chi connectivity index (χ0) is 16.7. The number of nitrogens with one attached hydrogen (secondary N) is 2. The molecule has 2 amide bonds. The number of benzene rings is 1. The molecule has 2 rings (SSSR count). The standard InChI is InChI=1S/C17H18N4O2/c1-12(2)14-3-5-15(6-4-14)20-16(22)17(23)21-19-11-13-7-9-18-10-8-13/h3-12H,1-2H3,(H,20,22)(H,21,23)/b19-11-. The summed E-state index contributed by atoms with van der Waals surface area (Å²) in [6, 6.07) is 10.8. The number of pyridine rings is 1. The SMILES string of the molecule is CC(C)c1ccc(NC(=O)C(=O)N/N=C\c2ccncc2)cc1. The fourth-order valence-electron chi connectivity index (χ4n) is 1.80. The Bertz CT molecular complexity index is 694. The van der Waals surface area contributed by atoms with E-state index in [0.29, 0.717) is 11.6 Å². The molecule has 1 aromatic carbocycles. The van der Waals surface area contributed by atoms with Gasteiger partial charge in [-0.2, -0.15) is 5.10 Å². The lowest BCUT2D eigenvalue weighted by molar-refractivity contribution is -0.136. The van der Waals surface area contributed by atoms with Gasteiger partial charge in [-0.15, -0.1) is 0 Å². The molecular weight excluding hydrogens is 292 g/mol. The summed E-state index contributed by atoms with van der Waals surface area (Å²) in [5.74, 6) is -1.19. The van der Waals surface area contributed by atoms with Crippen LogP contribution in [0, 0.1) is 0 Å². The van der Waals surface area contributed by atoms with Crippen molar-refractivity contribution in [2.24, 2.45) is 5.10 Å². The van der Waals surface area contributed by atoms with Crippen LogP contribution in [0.15, 0.2) is 53.9 Å². The maximum absolute atomic E-state index is 11.8. The van der Waals surface area contributed by atoms with E-state index in [1.165, 1.54) is 6.21 Å². The Morgan fingerprint density at radius 3 is 2.30 bits per heavy atom. The van der Waals surface area contributed by atoms with Crippen molar-refractivity contribution in [2.75, 3.05) is 5.32 Å². The third-order valence-electron chi connectivity index (χ3n) is 3.13. The van der Waals surface area contributed by atoms with Crippen LogP contribution in [0.1, 0.15) is 30.9 Å². The molecule has 0 radical (unpaired) electrons. The van der Waals surface area contributed by atoms with E-state index in [-0.39, 0.29) is 0 Å². The normalized spacial score (nSPS) is 10.7. The predicted molar refractivity (Wildman–Crippen MR) is 89.1 cm³/mol. The Kier molecular flexibility index (Phi) is 5.57. The number of amides is 2. The summed E-state index contributed by atoms with van der Waals surface area (Å²) in [5.41, 5.74) is 4.67. The van der Waals surface area contributed by atoms with Gasteiger partial charge in [-0.25, -0.2) is 5.43 Å². The Labute approximate surface area is 134 Å². The number of anilines is 1. The highest BCUT2D eigenvalue weighted by molar-refractivity contribution is 6.39. The van der Waals surface area contributed by atoms with Crippen molar-refractivity contribution >= 4 is 23.7 Å². The van der Waals surface area contributed by atoms with Gasteiger partial charge in [0.05, 0.1) is 6.21 Å². The van der Waals surface area contributed by atoms with Crippen molar-refractivity contribution in [1.82, 2.24) is 10.4 Å². The highest BCUT2D eigenvalue weighted by Gasteiger charge is 2.12. The summed E-state index contributed by atoms with van der Waals surface area (Å²) in [6.07, 6.45) is 4.65. The van der Waals surface area contributed by atoms with Gasteiger partial charge in [0.1, 0.15) is 0 Å². The Morgan fingerprint density at radius 2 is 1.70 bits per heavy atom. The molecule has 0 bridgehead atoms. The quantitative estimate of drug-likeness (QED) is 0.516. The zero-order valence-corrected chi connectivity index (χ0v) is 13.0. The third kappa shape index (κ3) is 5.03. The molecule has 6 nitrogen and oxygen atoms in total. The van der Waals surface area contributed by atoms with E-state index in [9.17, 15) is 9.59 Å². The van der Waals surface area contributed by atoms with Gasteiger partial charge in [0.25, 0.3) is 0 Å². The first-order chi connectivity index (χ1) is 11.1. The number of rotatable bonds is 4. The van der Waals surface area contributed by atoms with Crippen LogP contribution in [0.4, 0.5) is 5.69 Å². The number of hydrazone groups is 1. The van der Waals surface area contributed by atoms with Crippen LogP contribution in [0.2, 0.25) is 0 Å². The van der Waals surface area contributed by atoms with Gasteiger partial charge in [-0.05, 0) is 41.3 Å². The van der Waals surface area contributed by atoms with Gasteiger partial charge < -0.3 is 5.32 Å². The molecule has 2 N–H and O–H groups in total. The van der Waals surface area contributed by atoms with Gasteiger partial charge in [0, 0.05) is 18.1 Å². The van der Waals surface area contributed by atoms with Crippen molar-refractivity contribution in [3.63, 3.8) is 0 Å². The van der Waals surface area contributed by atoms with E-state index in [0.717, 1.165) is 11.1 Å². The smallest absolute Gasteiger partial charge is 0.318 e. The van der Waals surface area contributed by atoms with Crippen LogP contribution in [-0.4, -0.2) is 23.0 Å². The fourth-order valence-corrected chi connectivity index (χ4v) is 1.80. The molecule has 0 aliphatic rings. The molecule has 2 aromatic rings. The summed E-state index contributed by atoms with van der Waals surface area (Å²) in [4.78, 5) is 27.3. The number of hydrogen-bond acceptors (Lipinski definition) is 4. The molecule has 0 atom stereocenters. The Hall–Kier alpha value is -3.02. The fraction of sp³-hybridized carbons (Fsp3) is 0.176. The average molecular weight is 310 g/mol. The van der Waals surface area contributed by atoms with E-state index in [4.69, 9.17) is 0 Å². The molecular formula is C17H18N4O2. The van der Waals surface area contributed by atoms with Crippen LogP contribution < -0.4 is 10.7 Å². The molecule has 0 fully saturated rings. The maximum Gasteiger partial charge on any atom is 0.329 e. The molecule has 6 heteroatoms. The van der Waals surface area contributed by atoms with Crippen LogP contribution in [-0.2, 0) is 9.59 Å². The molecule has 1 heterocycles. The van der Waals surface area contributed by atoms with Crippen LogP contribution in [0.5, 0.6) is 0 Å². The average Bonchev–Trinajstić information content (AvgIpc) is 2.56. The first-order valence-electron chi connectivity index (χ1n) is 7.20. The second kappa shape index (κ2) is 7.84. The lowest BCUT2D eigenvalue weighted by Crippen LogP contribution is -2.32. The monoisotopic (exact) mass is 310 g/mol. The molecule has 0 unspecified atom stereocenters. The van der Waals surface area contributed by atoms with E-state index in [1.54, 1.807) is 36.7 Å². The molecule has 0 spiro atoms. The minimum Gasteiger partial charge on any atom is -0.318 e. The molecule has 0 aliphatic carbocycles. The van der Waals surface area contributed by atoms with Crippen molar-refractivity contribution in [1.29, 1.82) is 0 Å². The summed E-state index contributed by atoms with van der Waals surface area (Å²) in [7, 11) is 0. The molecule has 1 aromatic heterocycles. The highest BCUT2D eigenvalue weighted by Crippen LogP contribution is 2.16. The Balaban J connectivity index is 1.87. The third-order valence-corrected chi connectivity index (χ3v) is 3.13. The topological polar surface area (TPSA) is 83.5 Å². The minimum absolute atomic E-state index is 0.408. The second-order valence-corrected chi connectivity index (χ2v) is 5.21. The summed E-state index contributed by atoms with van der Waals surface area (Å²) < 4.78 is 0. The first-order valence-corrected chi connectivity index (χ1v) is 7.20. The first kappa shape index (κ1) is 16.4. The maximum atomic E-state index is 11.8. The lowest BCUT2D eigenvalue weighted by atomic mass is 10.0. The van der Waals surface area contributed by atoms with Crippen LogP contribution in [0.3, 0.4) is 0 Å². The lowest BCUT2D eigenvalue weighted by Gasteiger charge is -2.07. The molecule has 0 saturated heterocycles. The van der Waals surface area contributed by atoms with Gasteiger partial charge in [0.2, 0.25) is 0 Å². The van der Waals surface area contributed by atoms with E-state index >= 15 is 0 Å². The van der Waals surface area contributed by atoms with Gasteiger partial charge >= 0.3 is 11.8 Å². The van der Waals surface area contributed by atoms with Crippen LogP contribution >= 0.6 is 0 Å². The largest absolute Gasteiger partial charge is 0.329 e. The molecule has 23 heavy (non-hydrogen) atoms. The minimum atomic E-state index is -0.830. The zero-order valence-electron chi connectivity index (χ0n) is 13.0. The molecule has 0 aliphatic heterocycles. The van der Waals surface area contributed by atoms with Crippen molar-refractivity contribution < 1.29 is 9.59 Å². The second-order valence-electron chi connectivity index (χ2n) is 5.21. The summed E-state index contributed by atoms with van der Waals surface area (Å²) in [6.45, 7) is 4.17. The van der Waals surface area contributed by atoms with Crippen LogP contribution in [0.25, 0.3) is 0 Å². The molecule has 118 valence electrons. The number of hydrogen-bond donors (Lipinski definition) is 2. The van der Waals surface area contributed by atoms with Gasteiger partial charge in [0.15, 0.2) is 0 Å². The van der Waals surface area contributed by atoms with E-state index in [2.05, 4.69) is 34.7 Å². The summed E-state index contributed by atoms with van der Waals surface area (Å²) in [5, 5.41) is 6.25. The van der Waals surface area contributed by atoms with Gasteiger partial charge in [-0.1, -0.05) is 26.0 Å². The number of nitrogens with zero attached hydrogens (tertiary/aromatic N) is 2. The van der Waals surface area contributed by atoms with E-state index in [1.807, 2.05) is 12.1 Å².